The second-order valence-corrected chi connectivity index (χ2v) is 2.89. The number of rotatable bonds is 0. The lowest BCUT2D eigenvalue weighted by atomic mass is 10.2. The lowest BCUT2D eigenvalue weighted by Crippen LogP contribution is -2.41. The molecule has 1 aromatic heterocycles. The average Bonchev–Trinajstić information content (AvgIpc) is 2.01. The zero-order valence-electron chi connectivity index (χ0n) is 7.72. The van der Waals surface area contributed by atoms with Crippen molar-refractivity contribution in [1.29, 1.82) is 0 Å². The van der Waals surface area contributed by atoms with Gasteiger partial charge in [0.15, 0.2) is 0 Å². The quantitative estimate of drug-likeness (QED) is 0.523. The van der Waals surface area contributed by atoms with Crippen molar-refractivity contribution in [2.45, 2.75) is 13.8 Å². The molecule has 0 atom stereocenters. The summed E-state index contributed by atoms with van der Waals surface area (Å²) < 4.78 is 1.62. The Kier molecular flexibility index (Phi) is 2.18. The van der Waals surface area contributed by atoms with Crippen molar-refractivity contribution in [2.75, 3.05) is 0 Å². The number of aryl methyl sites for hydroxylation is 1. The molecule has 0 amide bonds. The zero-order chi connectivity index (χ0) is 9.30. The van der Waals surface area contributed by atoms with Gasteiger partial charge < -0.3 is 4.57 Å². The fraction of sp³-hybridized carbons (Fsp3) is 0.300. The molecule has 0 aliphatic rings. The molecule has 0 fully saturated rings. The summed E-state index contributed by atoms with van der Waals surface area (Å²) in [4.78, 5) is 11.4. The van der Waals surface area contributed by atoms with Gasteiger partial charge in [0, 0.05) is 18.0 Å². The molecule has 0 bridgehead atoms. The van der Waals surface area contributed by atoms with Crippen LogP contribution in [0.25, 0.3) is 12.7 Å². The second kappa shape index (κ2) is 2.97. The smallest absolute Gasteiger partial charge is 0.253 e. The van der Waals surface area contributed by atoms with Gasteiger partial charge in [-0.25, -0.2) is 0 Å². The summed E-state index contributed by atoms with van der Waals surface area (Å²) in [5.74, 6) is 0. The van der Waals surface area contributed by atoms with Crippen LogP contribution in [0.1, 0.15) is 12.5 Å². The van der Waals surface area contributed by atoms with E-state index in [9.17, 15) is 4.79 Å². The number of pyridine rings is 1. The standard InChI is InChI=1S/C10H13NO/c1-5-9-7(2)6-8(3)10(12)11(9)4/h5-6H,2H2,1,3-4H3/b9-5-. The minimum absolute atomic E-state index is 0.0514. The van der Waals surface area contributed by atoms with Crippen LogP contribution in [0.4, 0.5) is 0 Å². The molecule has 0 saturated carbocycles. The van der Waals surface area contributed by atoms with Crippen LogP contribution < -0.4 is 16.1 Å². The molecule has 0 spiro atoms. The summed E-state index contributed by atoms with van der Waals surface area (Å²) >= 11 is 0. The highest BCUT2D eigenvalue weighted by molar-refractivity contribution is 5.22. The molecule has 0 radical (unpaired) electrons. The fourth-order valence-electron chi connectivity index (χ4n) is 1.37. The van der Waals surface area contributed by atoms with Gasteiger partial charge in [0.1, 0.15) is 0 Å². The van der Waals surface area contributed by atoms with E-state index in [1.54, 1.807) is 18.5 Å². The van der Waals surface area contributed by atoms with Crippen LogP contribution in [0.2, 0.25) is 0 Å². The summed E-state index contributed by atoms with van der Waals surface area (Å²) in [6, 6.07) is 1.82. The number of hydrogen-bond acceptors (Lipinski definition) is 1. The maximum Gasteiger partial charge on any atom is 0.253 e. The van der Waals surface area contributed by atoms with E-state index in [-0.39, 0.29) is 5.56 Å². The number of hydrogen-bond donors (Lipinski definition) is 0. The molecule has 2 heteroatoms. The molecular formula is C10H13NO. The largest absolute Gasteiger partial charge is 0.311 e. The third-order valence-corrected chi connectivity index (χ3v) is 2.00. The average molecular weight is 163 g/mol. The summed E-state index contributed by atoms with van der Waals surface area (Å²) in [7, 11) is 1.76. The minimum Gasteiger partial charge on any atom is -0.311 e. The van der Waals surface area contributed by atoms with Crippen LogP contribution in [-0.4, -0.2) is 4.57 Å². The molecule has 1 aromatic rings. The van der Waals surface area contributed by atoms with Crippen molar-refractivity contribution in [1.82, 2.24) is 4.57 Å². The maximum absolute atomic E-state index is 11.4. The molecule has 64 valence electrons. The Morgan fingerprint density at radius 1 is 1.58 bits per heavy atom. The van der Waals surface area contributed by atoms with E-state index >= 15 is 0 Å². The van der Waals surface area contributed by atoms with Gasteiger partial charge in [-0.05, 0) is 25.1 Å². The SMILES string of the molecule is C=c1cc(C)c(=O)n(C)/c1=C\C. The Balaban J connectivity index is 3.90. The van der Waals surface area contributed by atoms with E-state index in [0.717, 1.165) is 16.1 Å². The molecule has 0 aliphatic heterocycles. The van der Waals surface area contributed by atoms with Crippen LogP contribution in [0.5, 0.6) is 0 Å². The first kappa shape index (κ1) is 8.78. The highest BCUT2D eigenvalue weighted by atomic mass is 16.1. The van der Waals surface area contributed by atoms with Crippen molar-refractivity contribution >= 4 is 12.7 Å². The Bertz CT molecular complexity index is 454. The van der Waals surface area contributed by atoms with E-state index in [4.69, 9.17) is 0 Å². The predicted octanol–water partition coefficient (Wildman–Crippen LogP) is -0.0956. The maximum atomic E-state index is 11.4. The third kappa shape index (κ3) is 1.20. The molecule has 2 nitrogen and oxygen atoms in total. The van der Waals surface area contributed by atoms with Gasteiger partial charge in [-0.15, -0.1) is 0 Å². The van der Waals surface area contributed by atoms with Crippen molar-refractivity contribution in [3.05, 3.63) is 32.6 Å². The summed E-state index contributed by atoms with van der Waals surface area (Å²) in [5, 5.41) is 1.79. The van der Waals surface area contributed by atoms with Gasteiger partial charge >= 0.3 is 0 Å². The number of aromatic nitrogens is 1. The predicted molar refractivity (Wildman–Crippen MR) is 51.3 cm³/mol. The number of nitrogens with zero attached hydrogens (tertiary/aromatic N) is 1. The van der Waals surface area contributed by atoms with E-state index in [2.05, 4.69) is 6.58 Å². The van der Waals surface area contributed by atoms with Gasteiger partial charge in [0.25, 0.3) is 5.56 Å². The monoisotopic (exact) mass is 163 g/mol. The van der Waals surface area contributed by atoms with Crippen LogP contribution in [-0.2, 0) is 7.05 Å². The van der Waals surface area contributed by atoms with Crippen LogP contribution in [0, 0.1) is 6.92 Å². The fourth-order valence-corrected chi connectivity index (χ4v) is 1.37. The van der Waals surface area contributed by atoms with Crippen molar-refractivity contribution in [3.8, 4) is 0 Å². The van der Waals surface area contributed by atoms with Crippen LogP contribution in [0.3, 0.4) is 0 Å². The normalized spacial score (nSPS) is 12.1. The van der Waals surface area contributed by atoms with Crippen molar-refractivity contribution < 1.29 is 0 Å². The summed E-state index contributed by atoms with van der Waals surface area (Å²) in [5.41, 5.74) is 0.795. The Hall–Kier alpha value is -1.31. The third-order valence-electron chi connectivity index (χ3n) is 2.00. The van der Waals surface area contributed by atoms with Crippen LogP contribution in [0.15, 0.2) is 10.9 Å². The van der Waals surface area contributed by atoms with Gasteiger partial charge in [-0.1, -0.05) is 12.7 Å². The van der Waals surface area contributed by atoms with Gasteiger partial charge in [0.2, 0.25) is 0 Å². The second-order valence-electron chi connectivity index (χ2n) is 2.89. The van der Waals surface area contributed by atoms with E-state index in [1.807, 2.05) is 19.1 Å². The van der Waals surface area contributed by atoms with Gasteiger partial charge in [-0.2, -0.15) is 0 Å². The molecule has 1 rings (SSSR count). The highest BCUT2D eigenvalue weighted by Crippen LogP contribution is 1.76. The molecular weight excluding hydrogens is 150 g/mol. The first-order valence-electron chi connectivity index (χ1n) is 3.90. The van der Waals surface area contributed by atoms with E-state index in [1.165, 1.54) is 0 Å². The molecule has 12 heavy (non-hydrogen) atoms. The summed E-state index contributed by atoms with van der Waals surface area (Å²) in [6.07, 6.45) is 1.89. The first-order chi connectivity index (χ1) is 5.57. The molecule has 0 saturated heterocycles. The topological polar surface area (TPSA) is 22.0 Å². The lowest BCUT2D eigenvalue weighted by molar-refractivity contribution is 0.807. The molecule has 0 unspecified atom stereocenters. The van der Waals surface area contributed by atoms with E-state index < -0.39 is 0 Å². The first-order valence-corrected chi connectivity index (χ1v) is 3.90. The van der Waals surface area contributed by atoms with Gasteiger partial charge in [-0.3, -0.25) is 4.79 Å². The minimum atomic E-state index is 0.0514. The van der Waals surface area contributed by atoms with E-state index in [0.29, 0.717) is 0 Å². The Morgan fingerprint density at radius 2 is 2.17 bits per heavy atom. The van der Waals surface area contributed by atoms with Crippen molar-refractivity contribution in [2.24, 2.45) is 7.05 Å². The highest BCUT2D eigenvalue weighted by Gasteiger charge is 1.96. The Labute approximate surface area is 71.5 Å². The molecule has 0 aromatic carbocycles. The molecule has 0 N–H and O–H groups in total. The zero-order valence-corrected chi connectivity index (χ0v) is 7.72. The van der Waals surface area contributed by atoms with Gasteiger partial charge in [0.05, 0.1) is 0 Å². The summed E-state index contributed by atoms with van der Waals surface area (Å²) in [6.45, 7) is 7.57. The Morgan fingerprint density at radius 3 is 2.67 bits per heavy atom. The lowest BCUT2D eigenvalue weighted by Gasteiger charge is -2.00. The molecule has 1 heterocycles. The van der Waals surface area contributed by atoms with Crippen LogP contribution >= 0.6 is 0 Å². The van der Waals surface area contributed by atoms with Crippen molar-refractivity contribution in [3.63, 3.8) is 0 Å². The molecule has 0 aliphatic carbocycles.